The Balaban J connectivity index is 2.14. The zero-order valence-corrected chi connectivity index (χ0v) is 12.8. The van der Waals surface area contributed by atoms with E-state index in [1.54, 1.807) is 18.2 Å². The van der Waals surface area contributed by atoms with Crippen LogP contribution in [0, 0.1) is 0 Å². The van der Waals surface area contributed by atoms with Crippen LogP contribution in [0.25, 0.3) is 0 Å². The number of carbonyl (C=O) groups is 2. The molecule has 0 unspecified atom stereocenters. The summed E-state index contributed by atoms with van der Waals surface area (Å²) in [5.41, 5.74) is 0.861. The third kappa shape index (κ3) is 4.05. The van der Waals surface area contributed by atoms with Gasteiger partial charge in [0.1, 0.15) is 6.04 Å². The van der Waals surface area contributed by atoms with E-state index >= 15 is 0 Å². The summed E-state index contributed by atoms with van der Waals surface area (Å²) in [6, 6.07) is 4.58. The number of carboxylic acid groups (broad SMARTS) is 2. The number of thioether (sulfide) groups is 1. The highest BCUT2D eigenvalue weighted by Gasteiger charge is 2.30. The van der Waals surface area contributed by atoms with Gasteiger partial charge in [-0.1, -0.05) is 6.07 Å². The first-order chi connectivity index (χ1) is 10.5. The zero-order valence-electron chi connectivity index (χ0n) is 11.9. The fourth-order valence-corrected chi connectivity index (χ4v) is 3.24. The monoisotopic (exact) mass is 327 g/mol. The number of rotatable bonds is 7. The van der Waals surface area contributed by atoms with E-state index in [0.29, 0.717) is 23.9 Å². The van der Waals surface area contributed by atoms with Gasteiger partial charge in [0.15, 0.2) is 18.1 Å². The molecular weight excluding hydrogens is 310 g/mol. The van der Waals surface area contributed by atoms with Gasteiger partial charge < -0.3 is 19.7 Å². The molecule has 120 valence electrons. The van der Waals surface area contributed by atoms with Crippen molar-refractivity contribution >= 4 is 23.7 Å². The number of benzene rings is 1. The van der Waals surface area contributed by atoms with E-state index in [1.807, 2.05) is 6.92 Å². The van der Waals surface area contributed by atoms with Crippen LogP contribution in [-0.2, 0) is 9.59 Å². The molecule has 0 saturated carbocycles. The van der Waals surface area contributed by atoms with Gasteiger partial charge in [0, 0.05) is 5.75 Å². The number of carboxylic acids is 2. The van der Waals surface area contributed by atoms with Crippen LogP contribution in [0.2, 0.25) is 0 Å². The molecule has 0 bridgehead atoms. The molecule has 1 aromatic carbocycles. The molecule has 2 rings (SSSR count). The lowest BCUT2D eigenvalue weighted by Crippen LogP contribution is -2.33. The van der Waals surface area contributed by atoms with Crippen LogP contribution in [0.5, 0.6) is 11.5 Å². The lowest BCUT2D eigenvalue weighted by atomic mass is 10.2. The summed E-state index contributed by atoms with van der Waals surface area (Å²) in [7, 11) is 0. The summed E-state index contributed by atoms with van der Waals surface area (Å²) in [6.45, 7) is 1.78. The van der Waals surface area contributed by atoms with E-state index in [-0.39, 0.29) is 5.37 Å². The summed E-state index contributed by atoms with van der Waals surface area (Å²) < 4.78 is 10.7. The molecule has 0 aromatic heterocycles. The molecule has 1 saturated heterocycles. The summed E-state index contributed by atoms with van der Waals surface area (Å²) in [5, 5.41) is 20.5. The molecule has 1 heterocycles. The SMILES string of the molecule is CCOc1cc([C@H]2N[C@H](C(=O)O)CS2)ccc1OCC(=O)O. The van der Waals surface area contributed by atoms with Gasteiger partial charge >= 0.3 is 11.9 Å². The second kappa shape index (κ2) is 7.37. The van der Waals surface area contributed by atoms with Gasteiger partial charge in [-0.15, -0.1) is 11.8 Å². The molecule has 1 aromatic rings. The number of ether oxygens (including phenoxy) is 2. The second-order valence-corrected chi connectivity index (χ2v) is 5.73. The molecular formula is C14H17NO6S. The first-order valence-corrected chi connectivity index (χ1v) is 7.78. The Kier molecular flexibility index (Phi) is 5.51. The Bertz CT molecular complexity index is 564. The molecule has 3 N–H and O–H groups in total. The average Bonchev–Trinajstić information content (AvgIpc) is 2.96. The Morgan fingerprint density at radius 3 is 2.68 bits per heavy atom. The molecule has 0 radical (unpaired) electrons. The van der Waals surface area contributed by atoms with Gasteiger partial charge in [0.25, 0.3) is 0 Å². The van der Waals surface area contributed by atoms with Gasteiger partial charge in [-0.05, 0) is 24.6 Å². The fraction of sp³-hybridized carbons (Fsp3) is 0.429. The fourth-order valence-electron chi connectivity index (χ4n) is 2.02. The normalized spacial score (nSPS) is 20.6. The molecule has 8 heteroatoms. The molecule has 0 aliphatic carbocycles. The molecule has 1 fully saturated rings. The first-order valence-electron chi connectivity index (χ1n) is 6.73. The smallest absolute Gasteiger partial charge is 0.341 e. The van der Waals surface area contributed by atoms with Crippen molar-refractivity contribution in [3.63, 3.8) is 0 Å². The van der Waals surface area contributed by atoms with E-state index in [2.05, 4.69) is 5.32 Å². The van der Waals surface area contributed by atoms with E-state index in [0.717, 1.165) is 5.56 Å². The maximum absolute atomic E-state index is 11.0. The Labute approximate surface area is 131 Å². The topological polar surface area (TPSA) is 105 Å². The second-order valence-electron chi connectivity index (χ2n) is 4.59. The highest BCUT2D eigenvalue weighted by Crippen LogP contribution is 2.37. The van der Waals surface area contributed by atoms with E-state index < -0.39 is 24.6 Å². The largest absolute Gasteiger partial charge is 0.490 e. The van der Waals surface area contributed by atoms with Crippen molar-refractivity contribution in [2.75, 3.05) is 19.0 Å². The van der Waals surface area contributed by atoms with Gasteiger partial charge in [-0.3, -0.25) is 10.1 Å². The highest BCUT2D eigenvalue weighted by molar-refractivity contribution is 7.99. The van der Waals surface area contributed by atoms with Crippen molar-refractivity contribution < 1.29 is 29.3 Å². The predicted molar refractivity (Wildman–Crippen MR) is 80.5 cm³/mol. The van der Waals surface area contributed by atoms with Crippen LogP contribution < -0.4 is 14.8 Å². The van der Waals surface area contributed by atoms with E-state index in [4.69, 9.17) is 19.7 Å². The molecule has 1 aliphatic heterocycles. The molecule has 1 aliphatic rings. The highest BCUT2D eigenvalue weighted by atomic mass is 32.2. The summed E-state index contributed by atoms with van der Waals surface area (Å²) in [4.78, 5) is 21.6. The predicted octanol–water partition coefficient (Wildman–Crippen LogP) is 1.34. The van der Waals surface area contributed by atoms with Crippen molar-refractivity contribution in [2.24, 2.45) is 0 Å². The maximum atomic E-state index is 11.0. The van der Waals surface area contributed by atoms with Crippen LogP contribution in [0.4, 0.5) is 0 Å². The Morgan fingerprint density at radius 1 is 1.32 bits per heavy atom. The zero-order chi connectivity index (χ0) is 16.1. The van der Waals surface area contributed by atoms with Gasteiger partial charge in [-0.2, -0.15) is 0 Å². The van der Waals surface area contributed by atoms with E-state index in [1.165, 1.54) is 11.8 Å². The third-order valence-corrected chi connectivity index (χ3v) is 4.27. The maximum Gasteiger partial charge on any atom is 0.341 e. The number of nitrogens with one attached hydrogen (secondary N) is 1. The van der Waals surface area contributed by atoms with Crippen molar-refractivity contribution in [3.8, 4) is 11.5 Å². The van der Waals surface area contributed by atoms with Crippen molar-refractivity contribution in [2.45, 2.75) is 18.3 Å². The van der Waals surface area contributed by atoms with Gasteiger partial charge in [0.2, 0.25) is 0 Å². The number of hydrogen-bond donors (Lipinski definition) is 3. The first kappa shape index (κ1) is 16.4. The summed E-state index contributed by atoms with van der Waals surface area (Å²) in [5.74, 6) is -0.653. The summed E-state index contributed by atoms with van der Waals surface area (Å²) >= 11 is 1.50. The number of hydrogen-bond acceptors (Lipinski definition) is 6. The molecule has 22 heavy (non-hydrogen) atoms. The van der Waals surface area contributed by atoms with Crippen LogP contribution in [0.3, 0.4) is 0 Å². The van der Waals surface area contributed by atoms with Gasteiger partial charge in [0.05, 0.1) is 12.0 Å². The molecule has 7 nitrogen and oxygen atoms in total. The standard InChI is InChI=1S/C14H17NO6S/c1-2-20-11-5-8(3-4-10(11)21-6-12(16)17)13-15-9(7-22-13)14(18)19/h3-5,9,13,15H,2,6-7H2,1H3,(H,16,17)(H,18,19)/t9-,13-/m0/s1. The lowest BCUT2D eigenvalue weighted by Gasteiger charge is -2.16. The van der Waals surface area contributed by atoms with Crippen molar-refractivity contribution in [3.05, 3.63) is 23.8 Å². The van der Waals surface area contributed by atoms with Crippen molar-refractivity contribution in [1.82, 2.24) is 5.32 Å². The molecule has 2 atom stereocenters. The quantitative estimate of drug-likeness (QED) is 0.689. The summed E-state index contributed by atoms with van der Waals surface area (Å²) in [6.07, 6.45) is 0. The number of aliphatic carboxylic acids is 2. The van der Waals surface area contributed by atoms with Crippen LogP contribution in [0.1, 0.15) is 17.9 Å². The van der Waals surface area contributed by atoms with Crippen LogP contribution in [-0.4, -0.2) is 47.2 Å². The van der Waals surface area contributed by atoms with E-state index in [9.17, 15) is 9.59 Å². The Hall–Kier alpha value is -1.93. The molecule has 0 spiro atoms. The van der Waals surface area contributed by atoms with Gasteiger partial charge in [-0.25, -0.2) is 4.79 Å². The minimum atomic E-state index is -1.07. The Morgan fingerprint density at radius 2 is 2.09 bits per heavy atom. The minimum absolute atomic E-state index is 0.145. The minimum Gasteiger partial charge on any atom is -0.490 e. The van der Waals surface area contributed by atoms with Crippen LogP contribution >= 0.6 is 11.8 Å². The molecule has 0 amide bonds. The lowest BCUT2D eigenvalue weighted by molar-refractivity contribution is -0.140. The van der Waals surface area contributed by atoms with Crippen molar-refractivity contribution in [1.29, 1.82) is 0 Å². The third-order valence-electron chi connectivity index (χ3n) is 3.00. The average molecular weight is 327 g/mol. The van der Waals surface area contributed by atoms with Crippen LogP contribution in [0.15, 0.2) is 18.2 Å².